The van der Waals surface area contributed by atoms with Crippen molar-refractivity contribution < 1.29 is 28.8 Å². The molecule has 35 heteroatoms. The molecule has 5 saturated heterocycles. The van der Waals surface area contributed by atoms with E-state index in [0.717, 1.165) is 221 Å². The van der Waals surface area contributed by atoms with Crippen molar-refractivity contribution in [1.29, 1.82) is 0 Å². The average Bonchev–Trinajstić information content (AvgIpc) is 1.64. The predicted molar refractivity (Wildman–Crippen MR) is 574 cm³/mol. The second-order valence-corrected chi connectivity index (χ2v) is 39.8. The van der Waals surface area contributed by atoms with E-state index in [1.165, 1.54) is 74.7 Å². The first-order chi connectivity index (χ1) is 71.0. The molecule has 10 N–H and O–H groups in total. The lowest BCUT2D eigenvalue weighted by molar-refractivity contribution is -0.117. The Bertz CT molecular complexity index is 7090. The summed E-state index contributed by atoms with van der Waals surface area (Å²) in [6.07, 6.45) is 34.9. The third kappa shape index (κ3) is 24.4. The topological polar surface area (TPSA) is 415 Å². The van der Waals surface area contributed by atoms with E-state index in [2.05, 4.69) is 182 Å². The van der Waals surface area contributed by atoms with Gasteiger partial charge in [0.1, 0.15) is 23.3 Å². The van der Waals surface area contributed by atoms with Crippen LogP contribution < -0.4 is 51.5 Å². The van der Waals surface area contributed by atoms with Crippen LogP contribution in [0.4, 0.5) is 62.2 Å². The van der Waals surface area contributed by atoms with Crippen molar-refractivity contribution in [2.75, 3.05) is 145 Å². The third-order valence-electron chi connectivity index (χ3n) is 27.9. The van der Waals surface area contributed by atoms with Crippen LogP contribution in [0.2, 0.25) is 0 Å². The van der Waals surface area contributed by atoms with Crippen molar-refractivity contribution in [2.45, 2.75) is 118 Å². The van der Waals surface area contributed by atoms with Crippen LogP contribution in [0.25, 0.3) is 88.1 Å². The smallest absolute Gasteiger partial charge is 0.321 e. The Morgan fingerprint density at radius 1 is 0.308 bits per heavy atom. The number of likely N-dealkylation sites (tertiary alicyclic amines) is 1. The molecule has 0 unspecified atom stereocenters. The number of rotatable bonds is 23. The lowest BCUT2D eigenvalue weighted by atomic mass is 9.99. The number of aromatic nitrogens is 16. The molecule has 0 bridgehead atoms. The molecule has 7 amide bonds. The highest BCUT2D eigenvalue weighted by atomic mass is 16.2. The molecule has 35 nitrogen and oxygen atoms in total. The van der Waals surface area contributed by atoms with Crippen LogP contribution in [-0.2, 0) is 17.9 Å². The molecular formula is C111H123N29O6. The lowest BCUT2D eigenvalue weighted by Crippen LogP contribution is -2.33. The number of benzene rings is 4. The number of carbonyl (C=O) groups is 6. The van der Waals surface area contributed by atoms with Crippen molar-refractivity contribution in [1.82, 2.24) is 95.4 Å². The summed E-state index contributed by atoms with van der Waals surface area (Å²) in [7, 11) is 7.41. The van der Waals surface area contributed by atoms with Crippen LogP contribution in [0.3, 0.4) is 0 Å². The molecular weight excluding hydrogens is 1840 g/mol. The molecule has 4 aromatic carbocycles. The molecule has 748 valence electrons. The van der Waals surface area contributed by atoms with Gasteiger partial charge in [0.25, 0.3) is 23.6 Å². The minimum atomic E-state index is -0.324. The summed E-state index contributed by atoms with van der Waals surface area (Å²) in [6.45, 7) is 21.3. The van der Waals surface area contributed by atoms with Crippen LogP contribution in [0.1, 0.15) is 158 Å². The molecule has 0 radical (unpaired) electrons. The molecule has 1 saturated carbocycles. The Labute approximate surface area is 846 Å². The Morgan fingerprint density at radius 3 is 0.911 bits per heavy atom. The molecule has 16 aromatic rings. The number of pyridine rings is 8. The van der Waals surface area contributed by atoms with Gasteiger partial charge in [0, 0.05) is 166 Å². The maximum atomic E-state index is 13.2. The van der Waals surface area contributed by atoms with E-state index in [4.69, 9.17) is 0 Å². The maximum absolute atomic E-state index is 13.2. The number of hydrogen-bond acceptors (Lipinski definition) is 24. The number of piperidine rings is 4. The normalized spacial score (nSPS) is 15.4. The largest absolute Gasteiger partial charge is 0.357 e. The average molecular weight is 1960 g/mol. The molecule has 6 aliphatic rings. The summed E-state index contributed by atoms with van der Waals surface area (Å²) < 4.78 is 0. The molecule has 146 heavy (non-hydrogen) atoms. The van der Waals surface area contributed by atoms with Gasteiger partial charge in [-0.1, -0.05) is 52.0 Å². The molecule has 12 aromatic heterocycles. The zero-order chi connectivity index (χ0) is 101. The first-order valence-electron chi connectivity index (χ1n) is 50.5. The third-order valence-corrected chi connectivity index (χ3v) is 27.9. The van der Waals surface area contributed by atoms with Crippen LogP contribution in [-0.4, -0.2) is 225 Å². The zero-order valence-electron chi connectivity index (χ0n) is 83.6. The standard InChI is InChI=1S/C29H33N7O.C28H29N7O2.C27H30N8O2.C27H31N7O/c1-20-8-12-36(13-9-20)27-7-5-24(18-31-27)32-29(37)28-25-15-22(4-6-26(25)33-34-28)23-14-21(16-30-17-23)19-35-10-2-3-11-35;1-17-8-10-35(11-9-17)25-7-5-21(16-30-25)31-28(37)26-23-13-19(4-6-24(23)33-34-26)20-12-22(15-29-14-20)32-27(36)18-2-3-18;1-17-8-10-35(11-9-17)24-7-5-20(16-29-24)30-26(36)25-22-13-18(4-6-23(22)32-33-25)19-12-21(15-28-14-19)31-27(37)34(2)3;1-18-8-10-34(11-9-18)25-7-5-22(16-29-25)30-27(35)26-23-13-20(4-6-24(23)31-32-26)21-12-19(14-28-15-21)17-33(2)3/h4-7,14-18,20H,2-3,8-13,19H2,1H3,(H,32,37)(H,33,34);4-7,12-18H,2-3,8-11H2,1H3,(H,31,37)(H,32,36)(H,33,34);4-7,12-17H,8-11H2,1-3H3,(H,30,36)(H,31,37)(H,32,33);4-7,12-16,18H,8-11,17H2,1-3H3,(H,30,35)(H,31,32). The first kappa shape index (κ1) is 98.5. The highest BCUT2D eigenvalue weighted by Gasteiger charge is 2.31. The highest BCUT2D eigenvalue weighted by Crippen LogP contribution is 2.37. The van der Waals surface area contributed by atoms with Gasteiger partial charge in [-0.2, -0.15) is 20.4 Å². The fraction of sp³-hybridized carbons (Fsp3) is 0.333. The van der Waals surface area contributed by atoms with Crippen molar-refractivity contribution in [3.05, 3.63) is 254 Å². The molecule has 5 aliphatic heterocycles. The number of anilines is 10. The highest BCUT2D eigenvalue weighted by molar-refractivity contribution is 6.15. The van der Waals surface area contributed by atoms with E-state index in [0.29, 0.717) is 62.0 Å². The number of fused-ring (bicyclic) bond motifs is 4. The predicted octanol–water partition coefficient (Wildman–Crippen LogP) is 19.1. The second kappa shape index (κ2) is 45.1. The number of nitrogens with zero attached hydrogens (tertiary/aromatic N) is 19. The maximum Gasteiger partial charge on any atom is 0.321 e. The van der Waals surface area contributed by atoms with Crippen molar-refractivity contribution in [3.63, 3.8) is 0 Å². The first-order valence-corrected chi connectivity index (χ1v) is 50.5. The quantitative estimate of drug-likeness (QED) is 0.0284. The number of carbonyl (C=O) groups excluding carboxylic acids is 6. The monoisotopic (exact) mass is 1960 g/mol. The fourth-order valence-electron chi connectivity index (χ4n) is 19.0. The van der Waals surface area contributed by atoms with Crippen molar-refractivity contribution in [2.24, 2.45) is 29.6 Å². The van der Waals surface area contributed by atoms with E-state index in [1.807, 2.05) is 172 Å². The zero-order valence-corrected chi connectivity index (χ0v) is 83.6. The molecule has 0 atom stereocenters. The summed E-state index contributed by atoms with van der Waals surface area (Å²) >= 11 is 0. The Kier molecular flexibility index (Phi) is 30.4. The van der Waals surface area contributed by atoms with Crippen LogP contribution in [0.5, 0.6) is 0 Å². The van der Waals surface area contributed by atoms with Crippen molar-refractivity contribution >= 4 is 137 Å². The van der Waals surface area contributed by atoms with Crippen LogP contribution >= 0.6 is 0 Å². The van der Waals surface area contributed by atoms with Gasteiger partial charge in [0.15, 0.2) is 22.8 Å². The van der Waals surface area contributed by atoms with E-state index in [1.54, 1.807) is 63.7 Å². The molecule has 22 rings (SSSR count). The van der Waals surface area contributed by atoms with E-state index in [-0.39, 0.29) is 47.2 Å². The molecule has 17 heterocycles. The van der Waals surface area contributed by atoms with E-state index in [9.17, 15) is 28.8 Å². The SMILES string of the molecule is CC1CCN(c2ccc(NC(=O)c3n[nH]c4ccc(-c5cncc(CN(C)C)c5)cc34)cn2)CC1.CC1CCN(c2ccc(NC(=O)c3n[nH]c4ccc(-c5cncc(CN6CCCC6)c5)cc34)cn2)CC1.CC1CCN(c2ccc(NC(=O)c3n[nH]c4ccc(-c5cncc(NC(=O)C6CC6)c5)cc34)cn2)CC1.CC1CCN(c2ccc(NC(=O)c3n[nH]c4ccc(-c5cncc(NC(=O)N(C)C)c5)cc34)cn2)CC1. The van der Waals surface area contributed by atoms with Gasteiger partial charge >= 0.3 is 6.03 Å². The van der Waals surface area contributed by atoms with Gasteiger partial charge in [-0.3, -0.25) is 69.2 Å². The Hall–Kier alpha value is -16.3. The second-order valence-electron chi connectivity index (χ2n) is 39.8. The number of H-pyrrole nitrogens is 4. The number of nitrogens with one attached hydrogen (secondary N) is 10. The summed E-state index contributed by atoms with van der Waals surface area (Å²) in [5.41, 5.74) is 18.0. The van der Waals surface area contributed by atoms with Crippen LogP contribution in [0, 0.1) is 29.6 Å². The van der Waals surface area contributed by atoms with Gasteiger partial charge < -0.3 is 61.3 Å². The molecule has 6 fully saturated rings. The molecule has 1 aliphatic carbocycles. The minimum absolute atomic E-state index is 0.0382. The lowest BCUT2D eigenvalue weighted by Gasteiger charge is -2.31. The minimum Gasteiger partial charge on any atom is -0.357 e. The van der Waals surface area contributed by atoms with E-state index >= 15 is 0 Å². The van der Waals surface area contributed by atoms with E-state index < -0.39 is 0 Å². The van der Waals surface area contributed by atoms with Crippen molar-refractivity contribution in [3.8, 4) is 44.5 Å². The fourth-order valence-corrected chi connectivity index (χ4v) is 19.0. The van der Waals surface area contributed by atoms with Gasteiger partial charge in [-0.05, 0) is 283 Å². The van der Waals surface area contributed by atoms with Gasteiger partial charge in [0.05, 0.1) is 93.4 Å². The van der Waals surface area contributed by atoms with Gasteiger partial charge in [-0.15, -0.1) is 0 Å². The number of urea groups is 1. The number of aromatic amines is 4. The Balaban J connectivity index is 0.000000123. The molecule has 0 spiro atoms. The summed E-state index contributed by atoms with van der Waals surface area (Å²) in [5, 5.41) is 49.4. The summed E-state index contributed by atoms with van der Waals surface area (Å²) in [6, 6.07) is 46.6. The number of amides is 7. The van der Waals surface area contributed by atoms with Crippen LogP contribution in [0.15, 0.2) is 220 Å². The summed E-state index contributed by atoms with van der Waals surface area (Å²) in [4.78, 5) is 128. The van der Waals surface area contributed by atoms with Gasteiger partial charge in [-0.25, -0.2) is 24.7 Å². The summed E-state index contributed by atoms with van der Waals surface area (Å²) in [5.74, 6) is 5.82. The Morgan fingerprint density at radius 2 is 0.610 bits per heavy atom. The van der Waals surface area contributed by atoms with Gasteiger partial charge in [0.2, 0.25) is 5.91 Å². The number of hydrogen-bond donors (Lipinski definition) is 10.